The lowest BCUT2D eigenvalue weighted by atomic mass is 10.2. The molecule has 0 radical (unpaired) electrons. The highest BCUT2D eigenvalue weighted by Crippen LogP contribution is 2.19. The second-order valence-corrected chi connectivity index (χ2v) is 5.53. The van der Waals surface area contributed by atoms with Crippen molar-refractivity contribution >= 4 is 17.2 Å². The third kappa shape index (κ3) is 2.80. The van der Waals surface area contributed by atoms with E-state index in [9.17, 15) is 9.18 Å². The van der Waals surface area contributed by atoms with Crippen LogP contribution in [0.15, 0.2) is 48.8 Å². The Morgan fingerprint density at radius 3 is 2.81 bits per heavy atom. The summed E-state index contributed by atoms with van der Waals surface area (Å²) in [5.41, 5.74) is 7.22. The third-order valence-corrected chi connectivity index (χ3v) is 3.85. The maximum Gasteiger partial charge on any atom is 0.274 e. The van der Waals surface area contributed by atoms with Crippen LogP contribution < -0.4 is 11.1 Å². The number of nitrogens with one attached hydrogen (secondary N) is 2. The minimum Gasteiger partial charge on any atom is -0.324 e. The molecule has 0 aliphatic rings. The van der Waals surface area contributed by atoms with Gasteiger partial charge in [0.25, 0.3) is 5.91 Å². The largest absolute Gasteiger partial charge is 0.324 e. The number of aromatic amines is 1. The molecule has 0 saturated heterocycles. The van der Waals surface area contributed by atoms with Crippen molar-refractivity contribution < 1.29 is 9.18 Å². The number of anilines is 1. The first kappa shape index (κ1) is 15.9. The SMILES string of the molecule is NCc1nc(-c2ccc(NC(=O)c3cnc4c(F)cccn34)cc2)n[nH]1. The number of halogens is 1. The molecule has 4 rings (SSSR count). The Morgan fingerprint density at radius 1 is 1.27 bits per heavy atom. The van der Waals surface area contributed by atoms with E-state index in [0.717, 1.165) is 5.56 Å². The van der Waals surface area contributed by atoms with Gasteiger partial charge in [0.2, 0.25) is 0 Å². The molecule has 3 aromatic heterocycles. The number of carbonyl (C=O) groups excluding carboxylic acids is 1. The van der Waals surface area contributed by atoms with Crippen molar-refractivity contribution in [2.45, 2.75) is 6.54 Å². The highest BCUT2D eigenvalue weighted by Gasteiger charge is 2.14. The van der Waals surface area contributed by atoms with E-state index < -0.39 is 5.82 Å². The van der Waals surface area contributed by atoms with Gasteiger partial charge in [-0.15, -0.1) is 0 Å². The topological polar surface area (TPSA) is 114 Å². The van der Waals surface area contributed by atoms with Crippen LogP contribution in [0.25, 0.3) is 17.0 Å². The molecular formula is C17H14FN7O. The van der Waals surface area contributed by atoms with Crippen molar-refractivity contribution in [3.63, 3.8) is 0 Å². The number of carbonyl (C=O) groups is 1. The van der Waals surface area contributed by atoms with Crippen molar-refractivity contribution in [3.8, 4) is 11.4 Å². The average molecular weight is 351 g/mol. The molecule has 1 aromatic carbocycles. The summed E-state index contributed by atoms with van der Waals surface area (Å²) in [6.07, 6.45) is 2.92. The molecule has 1 amide bonds. The normalized spacial score (nSPS) is 11.0. The predicted molar refractivity (Wildman–Crippen MR) is 92.8 cm³/mol. The van der Waals surface area contributed by atoms with Crippen LogP contribution in [-0.2, 0) is 6.54 Å². The number of hydrogen-bond donors (Lipinski definition) is 3. The number of pyridine rings is 1. The van der Waals surface area contributed by atoms with E-state index in [1.54, 1.807) is 30.5 Å². The van der Waals surface area contributed by atoms with E-state index >= 15 is 0 Å². The molecule has 0 fully saturated rings. The molecule has 0 bridgehead atoms. The summed E-state index contributed by atoms with van der Waals surface area (Å²) in [4.78, 5) is 20.6. The number of amides is 1. The fourth-order valence-electron chi connectivity index (χ4n) is 2.56. The summed E-state index contributed by atoms with van der Waals surface area (Å²) in [5.74, 6) is 0.247. The fourth-order valence-corrected chi connectivity index (χ4v) is 2.56. The number of H-pyrrole nitrogens is 1. The lowest BCUT2D eigenvalue weighted by Gasteiger charge is -2.06. The maximum absolute atomic E-state index is 13.7. The van der Waals surface area contributed by atoms with E-state index in [-0.39, 0.29) is 23.8 Å². The highest BCUT2D eigenvalue weighted by atomic mass is 19.1. The zero-order valence-electron chi connectivity index (χ0n) is 13.5. The Labute approximate surface area is 146 Å². The van der Waals surface area contributed by atoms with Crippen molar-refractivity contribution in [2.75, 3.05) is 5.32 Å². The van der Waals surface area contributed by atoms with Crippen molar-refractivity contribution in [1.82, 2.24) is 24.6 Å². The molecule has 4 aromatic rings. The number of fused-ring (bicyclic) bond motifs is 1. The second-order valence-electron chi connectivity index (χ2n) is 5.53. The van der Waals surface area contributed by atoms with Crippen molar-refractivity contribution in [3.05, 3.63) is 66.1 Å². The monoisotopic (exact) mass is 351 g/mol. The first-order valence-corrected chi connectivity index (χ1v) is 7.80. The molecular weight excluding hydrogens is 337 g/mol. The standard InChI is InChI=1S/C17H14FN7O/c18-12-2-1-7-25-13(9-20-16(12)25)17(26)21-11-5-3-10(4-6-11)15-22-14(8-19)23-24-15/h1-7,9H,8,19H2,(H,21,26)(H,22,23,24). The van der Waals surface area contributed by atoms with Crippen molar-refractivity contribution in [2.24, 2.45) is 5.73 Å². The van der Waals surface area contributed by atoms with Gasteiger partial charge in [0, 0.05) is 17.4 Å². The van der Waals surface area contributed by atoms with Crippen LogP contribution in [0, 0.1) is 5.82 Å². The summed E-state index contributed by atoms with van der Waals surface area (Å²) in [6.45, 7) is 0.279. The molecule has 0 unspecified atom stereocenters. The average Bonchev–Trinajstić information content (AvgIpc) is 3.30. The maximum atomic E-state index is 13.7. The molecule has 3 heterocycles. The Bertz CT molecular complexity index is 1080. The zero-order chi connectivity index (χ0) is 18.1. The van der Waals surface area contributed by atoms with Gasteiger partial charge in [-0.05, 0) is 36.4 Å². The minimum absolute atomic E-state index is 0.105. The number of nitrogens with two attached hydrogens (primary N) is 1. The summed E-state index contributed by atoms with van der Waals surface area (Å²) < 4.78 is 15.1. The molecule has 0 spiro atoms. The van der Waals surface area contributed by atoms with Crippen LogP contribution in [-0.4, -0.2) is 30.5 Å². The number of imidazole rings is 1. The Balaban J connectivity index is 1.55. The van der Waals surface area contributed by atoms with Gasteiger partial charge in [0.15, 0.2) is 17.3 Å². The van der Waals surface area contributed by atoms with Gasteiger partial charge in [-0.25, -0.2) is 14.4 Å². The minimum atomic E-state index is -0.487. The molecule has 0 aliphatic carbocycles. The zero-order valence-corrected chi connectivity index (χ0v) is 13.5. The van der Waals surface area contributed by atoms with E-state index in [0.29, 0.717) is 17.3 Å². The highest BCUT2D eigenvalue weighted by molar-refractivity contribution is 6.03. The lowest BCUT2D eigenvalue weighted by molar-refractivity contribution is 0.102. The summed E-state index contributed by atoms with van der Waals surface area (Å²) in [7, 11) is 0. The smallest absolute Gasteiger partial charge is 0.274 e. The number of benzene rings is 1. The van der Waals surface area contributed by atoms with Crippen LogP contribution in [0.2, 0.25) is 0 Å². The van der Waals surface area contributed by atoms with Crippen LogP contribution in [0.1, 0.15) is 16.3 Å². The first-order chi connectivity index (χ1) is 12.7. The van der Waals surface area contributed by atoms with Crippen LogP contribution in [0.3, 0.4) is 0 Å². The Kier molecular flexibility index (Phi) is 3.90. The molecule has 9 heteroatoms. The van der Waals surface area contributed by atoms with E-state index in [1.807, 2.05) is 0 Å². The van der Waals surface area contributed by atoms with Gasteiger partial charge in [-0.2, -0.15) is 5.10 Å². The predicted octanol–water partition coefficient (Wildman–Crippen LogP) is 1.97. The fraction of sp³-hybridized carbons (Fsp3) is 0.0588. The summed E-state index contributed by atoms with van der Waals surface area (Å²) in [6, 6.07) is 9.84. The van der Waals surface area contributed by atoms with Crippen LogP contribution >= 0.6 is 0 Å². The van der Waals surface area contributed by atoms with Crippen molar-refractivity contribution in [1.29, 1.82) is 0 Å². The van der Waals surface area contributed by atoms with Gasteiger partial charge in [-0.3, -0.25) is 14.3 Å². The van der Waals surface area contributed by atoms with Gasteiger partial charge in [-0.1, -0.05) is 0 Å². The van der Waals surface area contributed by atoms with E-state index in [1.165, 1.54) is 22.7 Å². The van der Waals surface area contributed by atoms with Crippen LogP contribution in [0.5, 0.6) is 0 Å². The number of nitrogens with zero attached hydrogens (tertiary/aromatic N) is 4. The molecule has 0 aliphatic heterocycles. The molecule has 26 heavy (non-hydrogen) atoms. The Hall–Kier alpha value is -3.59. The molecule has 130 valence electrons. The number of hydrogen-bond acceptors (Lipinski definition) is 5. The Morgan fingerprint density at radius 2 is 2.08 bits per heavy atom. The number of aromatic nitrogens is 5. The molecule has 0 atom stereocenters. The number of rotatable bonds is 4. The molecule has 8 nitrogen and oxygen atoms in total. The first-order valence-electron chi connectivity index (χ1n) is 7.80. The quantitative estimate of drug-likeness (QED) is 0.520. The van der Waals surface area contributed by atoms with Gasteiger partial charge >= 0.3 is 0 Å². The molecule has 4 N–H and O–H groups in total. The van der Waals surface area contributed by atoms with E-state index in [4.69, 9.17) is 5.73 Å². The van der Waals surface area contributed by atoms with E-state index in [2.05, 4.69) is 25.5 Å². The van der Waals surface area contributed by atoms with Crippen LogP contribution in [0.4, 0.5) is 10.1 Å². The van der Waals surface area contributed by atoms with Gasteiger partial charge in [0.1, 0.15) is 11.5 Å². The summed E-state index contributed by atoms with van der Waals surface area (Å²) >= 11 is 0. The van der Waals surface area contributed by atoms with Gasteiger partial charge in [0.05, 0.1) is 12.7 Å². The lowest BCUT2D eigenvalue weighted by Crippen LogP contribution is -2.14. The second kappa shape index (κ2) is 6.37. The summed E-state index contributed by atoms with van der Waals surface area (Å²) in [5, 5.41) is 9.59. The van der Waals surface area contributed by atoms with Gasteiger partial charge < -0.3 is 11.1 Å². The third-order valence-electron chi connectivity index (χ3n) is 3.85. The molecule has 0 saturated carbocycles.